The van der Waals surface area contributed by atoms with Gasteiger partial charge in [0.25, 0.3) is 0 Å². The van der Waals surface area contributed by atoms with Crippen molar-refractivity contribution in [2.75, 3.05) is 0 Å². The van der Waals surface area contributed by atoms with Crippen LogP contribution in [-0.4, -0.2) is 12.1 Å². The van der Waals surface area contributed by atoms with Gasteiger partial charge in [-0.1, -0.05) is 132 Å². The smallest absolute Gasteiger partial charge is 0.339 e. The lowest BCUT2D eigenvalue weighted by atomic mass is 9.47. The number of esters is 1. The topological polar surface area (TPSA) is 26.3 Å². The van der Waals surface area contributed by atoms with E-state index < -0.39 is 0 Å². The van der Waals surface area contributed by atoms with E-state index in [1.807, 2.05) is 66.7 Å². The van der Waals surface area contributed by atoms with Crippen LogP contribution in [0.25, 0.3) is 11.6 Å². The third-order valence-electron chi connectivity index (χ3n) is 12.9. The van der Waals surface area contributed by atoms with E-state index in [2.05, 4.69) is 26.8 Å². The summed E-state index contributed by atoms with van der Waals surface area (Å²) in [5.74, 6) is 3.28. The summed E-state index contributed by atoms with van der Waals surface area (Å²) >= 11 is 0. The summed E-state index contributed by atoms with van der Waals surface area (Å²) in [5, 5.41) is 0. The van der Waals surface area contributed by atoms with Crippen LogP contribution in [0.1, 0.15) is 128 Å². The van der Waals surface area contributed by atoms with E-state index in [9.17, 15) is 4.79 Å². The first kappa shape index (κ1) is 31.4. The molecule has 0 N–H and O–H groups in total. The molecule has 236 valence electrons. The fourth-order valence-electron chi connectivity index (χ4n) is 10.3. The molecule has 0 amide bonds. The van der Waals surface area contributed by atoms with Crippen molar-refractivity contribution < 1.29 is 9.53 Å². The molecular formula is C42H56O2. The van der Waals surface area contributed by atoms with Crippen molar-refractivity contribution in [3.05, 3.63) is 83.4 Å². The summed E-state index contributed by atoms with van der Waals surface area (Å²) in [4.78, 5) is 13.7. The van der Waals surface area contributed by atoms with Crippen LogP contribution in [0.2, 0.25) is 0 Å². The zero-order valence-electron chi connectivity index (χ0n) is 27.7. The lowest BCUT2D eigenvalue weighted by molar-refractivity contribution is -0.144. The molecule has 0 aliphatic heterocycles. The lowest BCUT2D eigenvalue weighted by Crippen LogP contribution is -2.50. The summed E-state index contributed by atoms with van der Waals surface area (Å²) < 4.78 is 6.33. The van der Waals surface area contributed by atoms with Gasteiger partial charge in [-0.05, 0) is 103 Å². The van der Waals surface area contributed by atoms with Crippen LogP contribution in [0, 0.1) is 34.5 Å². The maximum Gasteiger partial charge on any atom is 0.339 e. The van der Waals surface area contributed by atoms with E-state index >= 15 is 0 Å². The van der Waals surface area contributed by atoms with E-state index in [0.717, 1.165) is 54.1 Å². The van der Waals surface area contributed by atoms with Gasteiger partial charge >= 0.3 is 5.97 Å². The highest BCUT2D eigenvalue weighted by Crippen LogP contribution is 2.66. The van der Waals surface area contributed by atoms with E-state index in [0.29, 0.717) is 11.0 Å². The molecule has 2 heteroatoms. The molecule has 4 aliphatic rings. The minimum atomic E-state index is -0.196. The zero-order valence-corrected chi connectivity index (χ0v) is 27.7. The molecule has 2 aromatic carbocycles. The maximum absolute atomic E-state index is 13.7. The van der Waals surface area contributed by atoms with Crippen molar-refractivity contribution in [1.29, 1.82) is 0 Å². The van der Waals surface area contributed by atoms with E-state index in [-0.39, 0.29) is 17.5 Å². The number of allylic oxidation sites excluding steroid dienone is 1. The summed E-state index contributed by atoms with van der Waals surface area (Å²) in [6, 6.07) is 20.1. The molecule has 7 atom stereocenters. The largest absolute Gasteiger partial charge is 0.458 e. The molecule has 0 aromatic heterocycles. The minimum Gasteiger partial charge on any atom is -0.458 e. The highest BCUT2D eigenvalue weighted by atomic mass is 16.5. The van der Waals surface area contributed by atoms with Gasteiger partial charge < -0.3 is 4.74 Å². The minimum absolute atomic E-state index is 0.0386. The molecule has 0 spiro atoms. The molecule has 0 bridgehead atoms. The number of hydrogen-bond acceptors (Lipinski definition) is 2. The Bertz CT molecular complexity index is 1310. The quantitative estimate of drug-likeness (QED) is 0.0853. The van der Waals surface area contributed by atoms with Gasteiger partial charge in [0.2, 0.25) is 0 Å². The van der Waals surface area contributed by atoms with E-state index in [1.165, 1.54) is 77.0 Å². The Morgan fingerprint density at radius 1 is 0.841 bits per heavy atom. The van der Waals surface area contributed by atoms with Gasteiger partial charge in [-0.2, -0.15) is 0 Å². The van der Waals surface area contributed by atoms with Gasteiger partial charge in [0, 0.05) is 6.42 Å². The van der Waals surface area contributed by atoms with Crippen molar-refractivity contribution >= 4 is 17.6 Å². The number of rotatable bonds is 11. The van der Waals surface area contributed by atoms with Crippen molar-refractivity contribution in [2.24, 2.45) is 34.5 Å². The monoisotopic (exact) mass is 592 g/mol. The average molecular weight is 593 g/mol. The second-order valence-electron chi connectivity index (χ2n) is 15.2. The Morgan fingerprint density at radius 3 is 2.34 bits per heavy atom. The number of unbranched alkanes of at least 4 members (excludes halogenated alkanes) is 5. The van der Waals surface area contributed by atoms with Crippen LogP contribution in [0.4, 0.5) is 0 Å². The molecule has 7 unspecified atom stereocenters. The number of benzene rings is 2. The predicted molar refractivity (Wildman–Crippen MR) is 184 cm³/mol. The van der Waals surface area contributed by atoms with Gasteiger partial charge in [0.15, 0.2) is 0 Å². The molecule has 44 heavy (non-hydrogen) atoms. The number of carbonyl (C=O) groups excluding carboxylic acids is 1. The van der Waals surface area contributed by atoms with Crippen LogP contribution in [-0.2, 0) is 9.53 Å². The summed E-state index contributed by atoms with van der Waals surface area (Å²) in [7, 11) is 0. The highest BCUT2D eigenvalue weighted by molar-refractivity contribution is 6.21. The lowest BCUT2D eigenvalue weighted by Gasteiger charge is -2.58. The van der Waals surface area contributed by atoms with Gasteiger partial charge in [0.05, 0.1) is 5.57 Å². The highest BCUT2D eigenvalue weighted by Gasteiger charge is 2.58. The molecule has 4 aliphatic carbocycles. The Hall–Kier alpha value is -2.61. The van der Waals surface area contributed by atoms with Crippen LogP contribution in [0.5, 0.6) is 0 Å². The third-order valence-corrected chi connectivity index (χ3v) is 12.9. The zero-order chi connectivity index (χ0) is 30.6. The fraction of sp³-hybridized carbons (Fsp3) is 0.595. The van der Waals surface area contributed by atoms with Crippen molar-refractivity contribution in [2.45, 2.75) is 123 Å². The van der Waals surface area contributed by atoms with Crippen molar-refractivity contribution in [3.8, 4) is 0 Å². The van der Waals surface area contributed by atoms with Crippen LogP contribution in [0.3, 0.4) is 0 Å². The average Bonchev–Trinajstić information content (AvgIpc) is 3.38. The standard InChI is InChI=1S/C42H56O2/c1-4-5-6-7-8-15-20-33-22-24-38-36-23-21-34-30-35(25-27-42(34,3)39(36)26-28-41(33,38)2)44-40(43)37(32-18-13-10-14-19-32)29-31-16-11-9-12-17-31/h9-14,16-19,21,29,33,35-36,38-39H,4-8,15,20,22-28,30H2,1-3H3/b37-29+. The molecule has 0 radical (unpaired) electrons. The summed E-state index contributed by atoms with van der Waals surface area (Å²) in [5.41, 5.74) is 4.99. The van der Waals surface area contributed by atoms with Crippen LogP contribution >= 0.6 is 0 Å². The second kappa shape index (κ2) is 13.8. The first-order valence-electron chi connectivity index (χ1n) is 18.1. The van der Waals surface area contributed by atoms with E-state index in [4.69, 9.17) is 4.74 Å². The Kier molecular flexibility index (Phi) is 9.84. The molecular weight excluding hydrogens is 536 g/mol. The molecule has 6 rings (SSSR count). The molecule has 0 heterocycles. The van der Waals surface area contributed by atoms with Crippen molar-refractivity contribution in [1.82, 2.24) is 0 Å². The van der Waals surface area contributed by atoms with Gasteiger partial charge in [-0.3, -0.25) is 0 Å². The second-order valence-corrected chi connectivity index (χ2v) is 15.2. The summed E-state index contributed by atoms with van der Waals surface area (Å²) in [6.07, 6.45) is 24.5. The van der Waals surface area contributed by atoms with Crippen LogP contribution in [0.15, 0.2) is 72.3 Å². The third kappa shape index (κ3) is 6.38. The van der Waals surface area contributed by atoms with Crippen LogP contribution < -0.4 is 0 Å². The fourth-order valence-corrected chi connectivity index (χ4v) is 10.3. The number of carbonyl (C=O) groups is 1. The van der Waals surface area contributed by atoms with Gasteiger partial charge in [-0.25, -0.2) is 4.79 Å². The molecule has 2 nitrogen and oxygen atoms in total. The number of fused-ring (bicyclic) bond motifs is 5. The number of hydrogen-bond donors (Lipinski definition) is 0. The van der Waals surface area contributed by atoms with Crippen molar-refractivity contribution in [3.63, 3.8) is 0 Å². The first-order valence-corrected chi connectivity index (χ1v) is 18.1. The first-order chi connectivity index (χ1) is 21.4. The molecule has 2 aromatic rings. The Balaban J connectivity index is 1.11. The normalized spacial score (nSPS) is 33.1. The van der Waals surface area contributed by atoms with Gasteiger partial charge in [-0.15, -0.1) is 0 Å². The maximum atomic E-state index is 13.7. The van der Waals surface area contributed by atoms with Gasteiger partial charge in [0.1, 0.15) is 6.10 Å². The number of ether oxygens (including phenoxy) is 1. The SMILES string of the molecule is CCCCCCCCC1CCC2C3CC=C4CC(OC(=O)/C(=C/c5ccccc5)c5ccccc5)CCC4(C)C3CCC12C. The molecule has 3 fully saturated rings. The molecule has 0 saturated heterocycles. The molecule has 3 saturated carbocycles. The van der Waals surface area contributed by atoms with E-state index in [1.54, 1.807) is 5.57 Å². The Morgan fingerprint density at radius 2 is 1.57 bits per heavy atom. The predicted octanol–water partition coefficient (Wildman–Crippen LogP) is 11.5. The summed E-state index contributed by atoms with van der Waals surface area (Å²) in [6.45, 7) is 7.57. The Labute approximate surface area is 267 Å².